The third-order valence-electron chi connectivity index (χ3n) is 2.29. The molecule has 0 aliphatic carbocycles. The quantitative estimate of drug-likeness (QED) is 0.769. The van der Waals surface area contributed by atoms with Gasteiger partial charge in [-0.05, 0) is 26.0 Å². The second kappa shape index (κ2) is 8.13. The van der Waals surface area contributed by atoms with Crippen molar-refractivity contribution in [2.75, 3.05) is 18.5 Å². The zero-order valence-corrected chi connectivity index (χ0v) is 11.3. The number of anilines is 1. The summed E-state index contributed by atoms with van der Waals surface area (Å²) in [6, 6.07) is 7.13. The molecule has 1 rings (SSSR count). The molecule has 0 aromatic heterocycles. The highest BCUT2D eigenvalue weighted by Crippen LogP contribution is 2.17. The Morgan fingerprint density at radius 2 is 1.95 bits per heavy atom. The molecule has 0 atom stereocenters. The van der Waals surface area contributed by atoms with E-state index in [9.17, 15) is 9.59 Å². The molecule has 0 heterocycles. The highest BCUT2D eigenvalue weighted by molar-refractivity contribution is 5.92. The number of nitrogens with one attached hydrogen (secondary N) is 1. The molecule has 1 aromatic carbocycles. The Kier molecular flexibility index (Phi) is 6.43. The molecule has 0 saturated heterocycles. The van der Waals surface area contributed by atoms with Gasteiger partial charge in [-0.2, -0.15) is 0 Å². The first-order chi connectivity index (χ1) is 9.15. The van der Waals surface area contributed by atoms with Crippen molar-refractivity contribution in [2.45, 2.75) is 26.7 Å². The topological polar surface area (TPSA) is 64.6 Å². The van der Waals surface area contributed by atoms with Crippen LogP contribution in [0.3, 0.4) is 0 Å². The summed E-state index contributed by atoms with van der Waals surface area (Å²) in [6.45, 7) is 4.53. The largest absolute Gasteiger partial charge is 0.494 e. The average molecular weight is 265 g/mol. The maximum absolute atomic E-state index is 11.6. The summed E-state index contributed by atoms with van der Waals surface area (Å²) >= 11 is 0. The number of esters is 1. The van der Waals surface area contributed by atoms with E-state index in [2.05, 4.69) is 5.32 Å². The molecule has 0 fully saturated rings. The molecule has 0 aliphatic heterocycles. The van der Waals surface area contributed by atoms with Gasteiger partial charge in [0.1, 0.15) is 5.75 Å². The number of amides is 1. The second-order valence-corrected chi connectivity index (χ2v) is 3.81. The van der Waals surface area contributed by atoms with Crippen LogP contribution < -0.4 is 10.1 Å². The molecule has 19 heavy (non-hydrogen) atoms. The maximum atomic E-state index is 11.6. The number of carbonyl (C=O) groups is 2. The van der Waals surface area contributed by atoms with E-state index >= 15 is 0 Å². The highest BCUT2D eigenvalue weighted by atomic mass is 16.5. The summed E-state index contributed by atoms with van der Waals surface area (Å²) in [5.74, 6) is 0.119. The molecule has 0 radical (unpaired) electrons. The van der Waals surface area contributed by atoms with Crippen LogP contribution in [0.2, 0.25) is 0 Å². The van der Waals surface area contributed by atoms with E-state index in [0.29, 0.717) is 24.7 Å². The van der Waals surface area contributed by atoms with Gasteiger partial charge >= 0.3 is 5.97 Å². The van der Waals surface area contributed by atoms with Gasteiger partial charge in [0.2, 0.25) is 5.91 Å². The van der Waals surface area contributed by atoms with Crippen LogP contribution in [-0.2, 0) is 14.3 Å². The molecular formula is C14H19NO4. The highest BCUT2D eigenvalue weighted by Gasteiger charge is 2.08. The van der Waals surface area contributed by atoms with E-state index in [0.717, 1.165) is 0 Å². The third-order valence-corrected chi connectivity index (χ3v) is 2.29. The van der Waals surface area contributed by atoms with E-state index in [4.69, 9.17) is 9.47 Å². The Labute approximate surface area is 112 Å². The fourth-order valence-electron chi connectivity index (χ4n) is 1.50. The molecule has 1 amide bonds. The van der Waals surface area contributed by atoms with Crippen LogP contribution in [0, 0.1) is 0 Å². The van der Waals surface area contributed by atoms with Gasteiger partial charge in [-0.15, -0.1) is 0 Å². The number of ether oxygens (including phenoxy) is 2. The summed E-state index contributed by atoms with van der Waals surface area (Å²) in [7, 11) is 0. The minimum absolute atomic E-state index is 0.0881. The number of hydrogen-bond acceptors (Lipinski definition) is 4. The summed E-state index contributed by atoms with van der Waals surface area (Å²) in [5, 5.41) is 2.71. The van der Waals surface area contributed by atoms with Crippen molar-refractivity contribution >= 4 is 17.6 Å². The van der Waals surface area contributed by atoms with E-state index in [1.165, 1.54) is 0 Å². The van der Waals surface area contributed by atoms with Crippen LogP contribution >= 0.6 is 0 Å². The number of carbonyl (C=O) groups excluding carboxylic acids is 2. The molecule has 1 aromatic rings. The molecule has 1 N–H and O–H groups in total. The predicted molar refractivity (Wildman–Crippen MR) is 72.1 cm³/mol. The molecule has 0 saturated carbocycles. The molecule has 0 bridgehead atoms. The number of benzene rings is 1. The van der Waals surface area contributed by atoms with Gasteiger partial charge in [-0.1, -0.05) is 6.07 Å². The lowest BCUT2D eigenvalue weighted by atomic mass is 10.2. The standard InChI is InChI=1S/C14H19NO4/c1-3-18-12-7-5-6-11(10-12)15-13(16)8-9-14(17)19-4-2/h5-7,10H,3-4,8-9H2,1-2H3,(H,15,16). The van der Waals surface area contributed by atoms with Crippen molar-refractivity contribution in [3.05, 3.63) is 24.3 Å². The van der Waals surface area contributed by atoms with Crippen LogP contribution in [0.1, 0.15) is 26.7 Å². The van der Waals surface area contributed by atoms with Crippen molar-refractivity contribution < 1.29 is 19.1 Å². The van der Waals surface area contributed by atoms with E-state index in [1.54, 1.807) is 25.1 Å². The minimum atomic E-state index is -0.360. The van der Waals surface area contributed by atoms with Gasteiger partial charge in [0.25, 0.3) is 0 Å². The molecule has 0 unspecified atom stereocenters. The van der Waals surface area contributed by atoms with E-state index in [-0.39, 0.29) is 24.7 Å². The monoisotopic (exact) mass is 265 g/mol. The van der Waals surface area contributed by atoms with Crippen LogP contribution in [0.5, 0.6) is 5.75 Å². The van der Waals surface area contributed by atoms with Crippen molar-refractivity contribution in [3.63, 3.8) is 0 Å². The first-order valence-electron chi connectivity index (χ1n) is 6.34. The first kappa shape index (κ1) is 15.0. The number of hydrogen-bond donors (Lipinski definition) is 1. The summed E-state index contributed by atoms with van der Waals surface area (Å²) in [4.78, 5) is 22.7. The Balaban J connectivity index is 2.43. The van der Waals surface area contributed by atoms with E-state index in [1.807, 2.05) is 13.0 Å². The Morgan fingerprint density at radius 1 is 1.16 bits per heavy atom. The normalized spacial score (nSPS) is 9.79. The fourth-order valence-corrected chi connectivity index (χ4v) is 1.50. The summed E-state index contributed by atoms with van der Waals surface area (Å²) in [6.07, 6.45) is 0.197. The van der Waals surface area contributed by atoms with Crippen LogP contribution in [0.15, 0.2) is 24.3 Å². The maximum Gasteiger partial charge on any atom is 0.306 e. The van der Waals surface area contributed by atoms with Gasteiger partial charge in [-0.3, -0.25) is 9.59 Å². The van der Waals surface area contributed by atoms with Gasteiger partial charge < -0.3 is 14.8 Å². The lowest BCUT2D eigenvalue weighted by molar-refractivity contribution is -0.144. The molecular weight excluding hydrogens is 246 g/mol. The fraction of sp³-hybridized carbons (Fsp3) is 0.429. The zero-order chi connectivity index (χ0) is 14.1. The minimum Gasteiger partial charge on any atom is -0.494 e. The smallest absolute Gasteiger partial charge is 0.306 e. The summed E-state index contributed by atoms with van der Waals surface area (Å²) in [5.41, 5.74) is 0.653. The molecule has 104 valence electrons. The zero-order valence-electron chi connectivity index (χ0n) is 11.3. The van der Waals surface area contributed by atoms with Crippen molar-refractivity contribution in [1.29, 1.82) is 0 Å². The van der Waals surface area contributed by atoms with Gasteiger partial charge in [-0.25, -0.2) is 0 Å². The Morgan fingerprint density at radius 3 is 2.63 bits per heavy atom. The van der Waals surface area contributed by atoms with Crippen LogP contribution in [-0.4, -0.2) is 25.1 Å². The molecule has 5 heteroatoms. The van der Waals surface area contributed by atoms with E-state index < -0.39 is 0 Å². The SMILES string of the molecule is CCOC(=O)CCC(=O)Nc1cccc(OCC)c1. The lowest BCUT2D eigenvalue weighted by Gasteiger charge is -2.07. The number of rotatable bonds is 7. The van der Waals surface area contributed by atoms with Crippen molar-refractivity contribution in [2.24, 2.45) is 0 Å². The lowest BCUT2D eigenvalue weighted by Crippen LogP contribution is -2.14. The Bertz CT molecular complexity index is 431. The molecule has 0 spiro atoms. The van der Waals surface area contributed by atoms with Crippen LogP contribution in [0.4, 0.5) is 5.69 Å². The molecule has 5 nitrogen and oxygen atoms in total. The van der Waals surface area contributed by atoms with Gasteiger partial charge in [0, 0.05) is 18.2 Å². The summed E-state index contributed by atoms with van der Waals surface area (Å²) < 4.78 is 10.1. The van der Waals surface area contributed by atoms with Crippen molar-refractivity contribution in [3.8, 4) is 5.75 Å². The predicted octanol–water partition coefficient (Wildman–Crippen LogP) is 2.37. The molecule has 0 aliphatic rings. The van der Waals surface area contributed by atoms with Gasteiger partial charge in [0.05, 0.1) is 19.6 Å². The van der Waals surface area contributed by atoms with Crippen LogP contribution in [0.25, 0.3) is 0 Å². The van der Waals surface area contributed by atoms with Crippen molar-refractivity contribution in [1.82, 2.24) is 0 Å². The van der Waals surface area contributed by atoms with Gasteiger partial charge in [0.15, 0.2) is 0 Å². The first-order valence-corrected chi connectivity index (χ1v) is 6.34. The Hall–Kier alpha value is -2.04. The average Bonchev–Trinajstić information content (AvgIpc) is 2.38. The third kappa shape index (κ3) is 5.90. The second-order valence-electron chi connectivity index (χ2n) is 3.81.